The summed E-state index contributed by atoms with van der Waals surface area (Å²) >= 11 is 0. The van der Waals surface area contributed by atoms with E-state index in [-0.39, 0.29) is 22.9 Å². The number of phenolic OH excluding ortho intramolecular Hbond substituents is 1. The van der Waals surface area contributed by atoms with Gasteiger partial charge in [0.25, 0.3) is 11.8 Å². The molecule has 0 radical (unpaired) electrons. The molecule has 13 heteroatoms. The lowest BCUT2D eigenvalue weighted by molar-refractivity contribution is -0.139. The van der Waals surface area contributed by atoms with Gasteiger partial charge in [0, 0.05) is 31.8 Å². The van der Waals surface area contributed by atoms with E-state index >= 15 is 8.78 Å². The van der Waals surface area contributed by atoms with E-state index in [4.69, 9.17) is 20.6 Å². The molecule has 2 aromatic carbocycles. The average Bonchev–Trinajstić information content (AvgIpc) is 3.38. The Morgan fingerprint density at radius 1 is 1.19 bits per heavy atom. The number of nitrogen functional groups attached to an aromatic ring is 1. The quantitative estimate of drug-likeness (QED) is 0.188. The molecule has 3 aromatic rings. The zero-order chi connectivity index (χ0) is 30.7. The maximum Gasteiger partial charge on any atom is 0.326 e. The maximum absolute atomic E-state index is 16.0. The summed E-state index contributed by atoms with van der Waals surface area (Å²) in [6.07, 6.45) is 0.416. The lowest BCUT2D eigenvalue weighted by atomic mass is 9.97. The molecule has 42 heavy (non-hydrogen) atoms. The predicted molar refractivity (Wildman–Crippen MR) is 153 cm³/mol. The fraction of sp³-hybridized carbons (Fsp3) is 0.310. The molecule has 5 N–H and O–H groups in total. The molecule has 0 amide bonds. The van der Waals surface area contributed by atoms with Crippen molar-refractivity contribution in [1.29, 1.82) is 5.41 Å². The van der Waals surface area contributed by atoms with E-state index in [2.05, 4.69) is 9.98 Å². The first kappa shape index (κ1) is 30.0. The molecule has 0 saturated carbocycles. The van der Waals surface area contributed by atoms with Crippen molar-refractivity contribution in [2.24, 2.45) is 16.6 Å². The molecular weight excluding hydrogens is 550 g/mol. The predicted octanol–water partition coefficient (Wildman–Crippen LogP) is 4.56. The maximum atomic E-state index is 16.0. The normalized spacial score (nSPS) is 14.2. The number of carbonyl (C=O) groups is 1. The number of benzene rings is 2. The third kappa shape index (κ3) is 6.04. The van der Waals surface area contributed by atoms with Gasteiger partial charge in [-0.2, -0.15) is 13.8 Å². The molecule has 0 spiro atoms. The van der Waals surface area contributed by atoms with Crippen LogP contribution in [-0.4, -0.2) is 71.0 Å². The standard InChI is InChI=1S/C29H32F2N6O5/c1-5-15(2)23(29(39)40)37(4)24-21(30)27(41-18-8-6-7-17(13-18)26-34-11-12-36(26)3)35-28(22(24)31)42-20-14-16(25(32)33)9-10-19(20)38/h6-10,13-15,23,38H,5,11-12H2,1-4H3,(H3,32,33)(H,39,40). The van der Waals surface area contributed by atoms with E-state index in [1.54, 1.807) is 32.0 Å². The number of pyridine rings is 1. The van der Waals surface area contributed by atoms with Gasteiger partial charge in [-0.15, -0.1) is 0 Å². The van der Waals surface area contributed by atoms with E-state index < -0.39 is 52.8 Å². The van der Waals surface area contributed by atoms with E-state index in [9.17, 15) is 15.0 Å². The summed E-state index contributed by atoms with van der Waals surface area (Å²) in [5, 5.41) is 27.9. The number of phenols is 1. The molecule has 4 rings (SSSR count). The first-order valence-electron chi connectivity index (χ1n) is 13.2. The molecule has 2 atom stereocenters. The zero-order valence-corrected chi connectivity index (χ0v) is 23.6. The number of anilines is 1. The number of hydrogen-bond acceptors (Lipinski definition) is 9. The van der Waals surface area contributed by atoms with Crippen LogP contribution in [0, 0.1) is 23.0 Å². The number of aliphatic imine (C=N–C) groups is 1. The second-order valence-electron chi connectivity index (χ2n) is 9.93. The van der Waals surface area contributed by atoms with Crippen molar-refractivity contribution in [3.8, 4) is 29.0 Å². The highest BCUT2D eigenvalue weighted by Gasteiger charge is 2.35. The first-order valence-corrected chi connectivity index (χ1v) is 13.2. The summed E-state index contributed by atoms with van der Waals surface area (Å²) in [6, 6.07) is 9.09. The minimum atomic E-state index is -1.32. The molecule has 1 aliphatic rings. The Labute approximate surface area is 241 Å². The van der Waals surface area contributed by atoms with Gasteiger partial charge in [0.05, 0.1) is 6.54 Å². The number of carboxylic acids is 1. The van der Waals surface area contributed by atoms with Gasteiger partial charge in [-0.05, 0) is 36.2 Å². The molecule has 1 aliphatic heterocycles. The second kappa shape index (κ2) is 12.3. The Kier molecular flexibility index (Phi) is 8.79. The third-order valence-corrected chi connectivity index (χ3v) is 7.04. The molecule has 0 aliphatic carbocycles. The van der Waals surface area contributed by atoms with Gasteiger partial charge >= 0.3 is 5.97 Å². The van der Waals surface area contributed by atoms with Crippen molar-refractivity contribution in [3.63, 3.8) is 0 Å². The number of halogens is 2. The lowest BCUT2D eigenvalue weighted by Gasteiger charge is -2.31. The number of carboxylic acid groups (broad SMARTS) is 1. The van der Waals surface area contributed by atoms with Crippen molar-refractivity contribution in [2.45, 2.75) is 26.3 Å². The first-order chi connectivity index (χ1) is 19.9. The Balaban J connectivity index is 1.85. The number of aromatic nitrogens is 1. The molecule has 222 valence electrons. The van der Waals surface area contributed by atoms with Crippen LogP contribution in [-0.2, 0) is 4.79 Å². The zero-order valence-electron chi connectivity index (χ0n) is 23.6. The van der Waals surface area contributed by atoms with Crippen molar-refractivity contribution >= 4 is 23.3 Å². The topological polar surface area (TPSA) is 158 Å². The lowest BCUT2D eigenvalue weighted by Crippen LogP contribution is -2.44. The highest BCUT2D eigenvalue weighted by atomic mass is 19.1. The summed E-state index contributed by atoms with van der Waals surface area (Å²) in [4.78, 5) is 23.5. The molecule has 2 heterocycles. The van der Waals surface area contributed by atoms with Crippen LogP contribution < -0.4 is 20.1 Å². The summed E-state index contributed by atoms with van der Waals surface area (Å²) in [5.41, 5.74) is 5.65. The van der Waals surface area contributed by atoms with E-state index in [0.29, 0.717) is 18.5 Å². The van der Waals surface area contributed by atoms with E-state index in [1.807, 2.05) is 18.0 Å². The van der Waals surface area contributed by atoms with Crippen molar-refractivity contribution in [3.05, 3.63) is 65.2 Å². The Morgan fingerprint density at radius 3 is 2.48 bits per heavy atom. The summed E-state index contributed by atoms with van der Waals surface area (Å²) in [6.45, 7) is 4.78. The van der Waals surface area contributed by atoms with Crippen LogP contribution in [0.25, 0.3) is 0 Å². The summed E-state index contributed by atoms with van der Waals surface area (Å²) < 4.78 is 43.4. The fourth-order valence-corrected chi connectivity index (χ4v) is 4.61. The monoisotopic (exact) mass is 582 g/mol. The van der Waals surface area contributed by atoms with E-state index in [1.165, 1.54) is 25.2 Å². The van der Waals surface area contributed by atoms with Gasteiger partial charge in [-0.3, -0.25) is 10.4 Å². The van der Waals surface area contributed by atoms with Crippen LogP contribution in [0.1, 0.15) is 31.4 Å². The largest absolute Gasteiger partial charge is 0.504 e. The number of nitrogens with one attached hydrogen (secondary N) is 1. The number of aliphatic carboxylic acids is 1. The van der Waals surface area contributed by atoms with Crippen molar-refractivity contribution in [2.75, 3.05) is 32.1 Å². The number of ether oxygens (including phenoxy) is 2. The number of aromatic hydroxyl groups is 1. The second-order valence-corrected chi connectivity index (χ2v) is 9.93. The molecule has 0 bridgehead atoms. The molecule has 0 saturated heterocycles. The number of nitrogens with zero attached hydrogens (tertiary/aromatic N) is 4. The van der Waals surface area contributed by atoms with Gasteiger partial charge in [-0.1, -0.05) is 32.4 Å². The van der Waals surface area contributed by atoms with Crippen LogP contribution in [0.5, 0.6) is 29.0 Å². The van der Waals surface area contributed by atoms with Crippen molar-refractivity contribution in [1.82, 2.24) is 9.88 Å². The van der Waals surface area contributed by atoms with Crippen LogP contribution in [0.2, 0.25) is 0 Å². The number of amidine groups is 2. The van der Waals surface area contributed by atoms with E-state index in [0.717, 1.165) is 17.3 Å². The van der Waals surface area contributed by atoms with Crippen LogP contribution in [0.3, 0.4) is 0 Å². The van der Waals surface area contributed by atoms with Gasteiger partial charge in [-0.25, -0.2) is 4.79 Å². The highest BCUT2D eigenvalue weighted by Crippen LogP contribution is 2.41. The SMILES string of the molecule is CCC(C)C(C(=O)O)N(C)c1c(F)c(Oc2cccc(C3=NCCN3C)c2)nc(Oc2cc(C(=N)N)ccc2O)c1F. The Morgan fingerprint density at radius 2 is 1.88 bits per heavy atom. The van der Waals surface area contributed by atoms with Crippen molar-refractivity contribution < 1.29 is 33.3 Å². The third-order valence-electron chi connectivity index (χ3n) is 7.04. The molecule has 1 aromatic heterocycles. The Hall–Kier alpha value is -4.94. The molecular formula is C29H32F2N6O5. The minimum absolute atomic E-state index is 0.159. The Bertz CT molecular complexity index is 1550. The van der Waals surface area contributed by atoms with Crippen LogP contribution in [0.15, 0.2) is 47.5 Å². The molecule has 2 unspecified atom stereocenters. The highest BCUT2D eigenvalue weighted by molar-refractivity contribution is 6.00. The van der Waals surface area contributed by atoms with Gasteiger partial charge < -0.3 is 35.2 Å². The average molecular weight is 583 g/mol. The van der Waals surface area contributed by atoms with Gasteiger partial charge in [0.2, 0.25) is 11.6 Å². The molecule has 11 nitrogen and oxygen atoms in total. The van der Waals surface area contributed by atoms with Gasteiger partial charge in [0.15, 0.2) is 11.5 Å². The number of nitrogens with two attached hydrogens (primary N) is 1. The summed E-state index contributed by atoms with van der Waals surface area (Å²) in [5.74, 6) is -6.05. The number of likely N-dealkylation sites (N-methyl/N-ethyl adjacent to an activating group) is 2. The fourth-order valence-electron chi connectivity index (χ4n) is 4.61. The number of hydrogen-bond donors (Lipinski definition) is 4. The smallest absolute Gasteiger partial charge is 0.326 e. The minimum Gasteiger partial charge on any atom is -0.504 e. The molecule has 0 fully saturated rings. The van der Waals surface area contributed by atoms with Crippen LogP contribution >= 0.6 is 0 Å². The summed E-state index contributed by atoms with van der Waals surface area (Å²) in [7, 11) is 3.14. The number of rotatable bonds is 11. The van der Waals surface area contributed by atoms with Gasteiger partial charge in [0.1, 0.15) is 29.1 Å². The van der Waals surface area contributed by atoms with Crippen LogP contribution in [0.4, 0.5) is 14.5 Å².